The summed E-state index contributed by atoms with van der Waals surface area (Å²) in [6, 6.07) is 28.9. The topological polar surface area (TPSA) is 45.5 Å². The van der Waals surface area contributed by atoms with Gasteiger partial charge in [-0.05, 0) is 59.2 Å². The zero-order valence-electron chi connectivity index (χ0n) is 20.4. The maximum Gasteiger partial charge on any atom is 0.122 e. The first-order valence-electron chi connectivity index (χ1n) is 12.0. The molecular formula is C30H30N2O3. The summed E-state index contributed by atoms with van der Waals surface area (Å²) < 4.78 is 19.0. The Morgan fingerprint density at radius 1 is 0.771 bits per heavy atom. The van der Waals surface area contributed by atoms with E-state index in [4.69, 9.17) is 19.2 Å². The van der Waals surface area contributed by atoms with Gasteiger partial charge in [-0.15, -0.1) is 0 Å². The third-order valence-corrected chi connectivity index (χ3v) is 6.48. The molecule has 0 aliphatic heterocycles. The van der Waals surface area contributed by atoms with E-state index in [1.54, 1.807) is 14.2 Å². The summed E-state index contributed by atoms with van der Waals surface area (Å²) >= 11 is 0. The second-order valence-corrected chi connectivity index (χ2v) is 8.69. The summed E-state index contributed by atoms with van der Waals surface area (Å²) in [7, 11) is 3.36. The maximum atomic E-state index is 5.99. The predicted octanol–water partition coefficient (Wildman–Crippen LogP) is 6.83. The average Bonchev–Trinajstić information content (AvgIpc) is 3.28. The van der Waals surface area contributed by atoms with Crippen molar-refractivity contribution in [3.63, 3.8) is 0 Å². The Hall–Kier alpha value is -3.99. The Morgan fingerprint density at radius 3 is 2.37 bits per heavy atom. The van der Waals surface area contributed by atoms with Crippen LogP contribution < -0.4 is 14.2 Å². The van der Waals surface area contributed by atoms with E-state index in [1.165, 1.54) is 16.3 Å². The SMILES string of the molecule is COc1cccc(OCCCn2c(C(C)c3ccc4cc(OC)ccc4c3)nc3ccccc32)c1. The zero-order chi connectivity index (χ0) is 24.2. The van der Waals surface area contributed by atoms with Crippen molar-refractivity contribution in [1.82, 2.24) is 9.55 Å². The lowest BCUT2D eigenvalue weighted by Crippen LogP contribution is -2.11. The maximum absolute atomic E-state index is 5.99. The summed E-state index contributed by atoms with van der Waals surface area (Å²) in [5.41, 5.74) is 3.42. The second kappa shape index (κ2) is 10.1. The van der Waals surface area contributed by atoms with E-state index in [-0.39, 0.29) is 5.92 Å². The highest BCUT2D eigenvalue weighted by atomic mass is 16.5. The monoisotopic (exact) mass is 466 g/mol. The Kier molecular flexibility index (Phi) is 6.57. The average molecular weight is 467 g/mol. The van der Waals surface area contributed by atoms with E-state index in [2.05, 4.69) is 60.0 Å². The minimum absolute atomic E-state index is 0.146. The number of fused-ring (bicyclic) bond motifs is 2. The molecule has 0 bridgehead atoms. The zero-order valence-corrected chi connectivity index (χ0v) is 20.4. The van der Waals surface area contributed by atoms with Gasteiger partial charge in [0.1, 0.15) is 23.1 Å². The number of aromatic nitrogens is 2. The molecule has 0 aliphatic rings. The molecule has 1 unspecified atom stereocenters. The molecule has 0 saturated heterocycles. The van der Waals surface area contributed by atoms with Gasteiger partial charge in [0.05, 0.1) is 31.9 Å². The van der Waals surface area contributed by atoms with Crippen molar-refractivity contribution < 1.29 is 14.2 Å². The van der Waals surface area contributed by atoms with Crippen molar-refractivity contribution >= 4 is 21.8 Å². The second-order valence-electron chi connectivity index (χ2n) is 8.69. The molecule has 0 N–H and O–H groups in total. The number of aryl methyl sites for hydroxylation is 1. The number of methoxy groups -OCH3 is 2. The van der Waals surface area contributed by atoms with Crippen LogP contribution in [0.2, 0.25) is 0 Å². The van der Waals surface area contributed by atoms with Crippen LogP contribution in [0.15, 0.2) is 84.9 Å². The molecule has 0 amide bonds. The molecule has 1 atom stereocenters. The molecule has 5 aromatic rings. The van der Waals surface area contributed by atoms with Gasteiger partial charge in [-0.1, -0.05) is 49.4 Å². The number of hydrogen-bond donors (Lipinski definition) is 0. The fourth-order valence-corrected chi connectivity index (χ4v) is 4.55. The Morgan fingerprint density at radius 2 is 1.51 bits per heavy atom. The van der Waals surface area contributed by atoms with Gasteiger partial charge in [0.2, 0.25) is 0 Å². The number of ether oxygens (including phenoxy) is 3. The van der Waals surface area contributed by atoms with Gasteiger partial charge in [0, 0.05) is 18.5 Å². The van der Waals surface area contributed by atoms with Gasteiger partial charge in [0.25, 0.3) is 0 Å². The fraction of sp³-hybridized carbons (Fsp3) is 0.233. The molecule has 5 heteroatoms. The van der Waals surface area contributed by atoms with Gasteiger partial charge in [-0.3, -0.25) is 0 Å². The van der Waals surface area contributed by atoms with Gasteiger partial charge in [0.15, 0.2) is 0 Å². The van der Waals surface area contributed by atoms with Crippen LogP contribution in [0.3, 0.4) is 0 Å². The minimum Gasteiger partial charge on any atom is -0.497 e. The highest BCUT2D eigenvalue weighted by Gasteiger charge is 2.18. The van der Waals surface area contributed by atoms with Crippen molar-refractivity contribution in [3.8, 4) is 17.2 Å². The number of nitrogens with zero attached hydrogens (tertiary/aromatic N) is 2. The summed E-state index contributed by atoms with van der Waals surface area (Å²) in [5, 5.41) is 2.37. The van der Waals surface area contributed by atoms with E-state index in [0.717, 1.165) is 47.1 Å². The van der Waals surface area contributed by atoms with Gasteiger partial charge in [-0.25, -0.2) is 4.98 Å². The van der Waals surface area contributed by atoms with Crippen molar-refractivity contribution in [1.29, 1.82) is 0 Å². The van der Waals surface area contributed by atoms with Crippen LogP contribution in [-0.2, 0) is 6.54 Å². The first kappa shape index (κ1) is 22.8. The minimum atomic E-state index is 0.146. The van der Waals surface area contributed by atoms with E-state index in [9.17, 15) is 0 Å². The third-order valence-electron chi connectivity index (χ3n) is 6.48. The highest BCUT2D eigenvalue weighted by Crippen LogP contribution is 2.31. The lowest BCUT2D eigenvalue weighted by Gasteiger charge is -2.16. The molecule has 178 valence electrons. The first-order valence-corrected chi connectivity index (χ1v) is 12.0. The standard InChI is InChI=1S/C30H30N2O3/c1-21(22-12-13-24-19-26(34-3)15-14-23(24)18-22)30-31-28-10-4-5-11-29(28)32(30)16-7-17-35-27-9-6-8-25(20-27)33-2/h4-6,8-15,18-21H,7,16-17H2,1-3H3. The van der Waals surface area contributed by atoms with Gasteiger partial charge in [-0.2, -0.15) is 0 Å². The third kappa shape index (κ3) is 4.80. The number of para-hydroxylation sites is 2. The molecule has 4 aromatic carbocycles. The largest absolute Gasteiger partial charge is 0.497 e. The molecule has 1 heterocycles. The molecule has 0 aliphatic carbocycles. The van der Waals surface area contributed by atoms with Crippen LogP contribution in [0.1, 0.15) is 30.7 Å². The van der Waals surface area contributed by atoms with E-state index in [1.807, 2.05) is 36.4 Å². The van der Waals surface area contributed by atoms with Gasteiger partial charge < -0.3 is 18.8 Å². The smallest absolute Gasteiger partial charge is 0.122 e. The summed E-state index contributed by atoms with van der Waals surface area (Å²) in [6.07, 6.45) is 0.870. The van der Waals surface area contributed by atoms with Crippen molar-refractivity contribution in [2.45, 2.75) is 25.8 Å². The Balaban J connectivity index is 1.38. The van der Waals surface area contributed by atoms with Gasteiger partial charge >= 0.3 is 0 Å². The van der Waals surface area contributed by atoms with Crippen LogP contribution >= 0.6 is 0 Å². The lowest BCUT2D eigenvalue weighted by atomic mass is 9.97. The molecule has 0 radical (unpaired) electrons. The van der Waals surface area contributed by atoms with Crippen molar-refractivity contribution in [3.05, 3.63) is 96.3 Å². The molecule has 1 aromatic heterocycles. The van der Waals surface area contributed by atoms with E-state index in [0.29, 0.717) is 6.61 Å². The summed E-state index contributed by atoms with van der Waals surface area (Å²) in [5.74, 6) is 3.71. The normalized spacial score (nSPS) is 12.1. The summed E-state index contributed by atoms with van der Waals surface area (Å²) in [4.78, 5) is 5.04. The number of hydrogen-bond acceptors (Lipinski definition) is 4. The van der Waals surface area contributed by atoms with Crippen LogP contribution in [0.25, 0.3) is 21.8 Å². The van der Waals surface area contributed by atoms with Crippen LogP contribution in [0.4, 0.5) is 0 Å². The number of imidazole rings is 1. The molecular weight excluding hydrogens is 436 g/mol. The molecule has 5 nitrogen and oxygen atoms in total. The molecule has 0 spiro atoms. The number of rotatable bonds is 9. The Labute approximate surface area is 205 Å². The molecule has 5 rings (SSSR count). The summed E-state index contributed by atoms with van der Waals surface area (Å²) in [6.45, 7) is 3.68. The number of benzene rings is 4. The molecule has 35 heavy (non-hydrogen) atoms. The lowest BCUT2D eigenvalue weighted by molar-refractivity contribution is 0.299. The quantitative estimate of drug-likeness (QED) is 0.223. The van der Waals surface area contributed by atoms with Crippen LogP contribution in [-0.4, -0.2) is 30.4 Å². The highest BCUT2D eigenvalue weighted by molar-refractivity contribution is 5.85. The Bertz CT molecular complexity index is 1460. The van der Waals surface area contributed by atoms with Crippen LogP contribution in [0, 0.1) is 0 Å². The van der Waals surface area contributed by atoms with E-state index < -0.39 is 0 Å². The fourth-order valence-electron chi connectivity index (χ4n) is 4.55. The van der Waals surface area contributed by atoms with E-state index >= 15 is 0 Å². The van der Waals surface area contributed by atoms with Crippen LogP contribution in [0.5, 0.6) is 17.2 Å². The van der Waals surface area contributed by atoms with Crippen molar-refractivity contribution in [2.24, 2.45) is 0 Å². The molecule has 0 fully saturated rings. The first-order chi connectivity index (χ1) is 17.2. The molecule has 0 saturated carbocycles. The van der Waals surface area contributed by atoms with Crippen molar-refractivity contribution in [2.75, 3.05) is 20.8 Å². The predicted molar refractivity (Wildman–Crippen MR) is 141 cm³/mol.